The average molecular weight is 282 g/mol. The predicted octanol–water partition coefficient (Wildman–Crippen LogP) is 2.21. The first kappa shape index (κ1) is 15.8. The molecule has 0 radical (unpaired) electrons. The predicted molar refractivity (Wildman–Crippen MR) is 73.3 cm³/mol. The first-order chi connectivity index (χ1) is 9.11. The third-order valence-corrected chi connectivity index (χ3v) is 2.13. The van der Waals surface area contributed by atoms with Crippen molar-refractivity contribution in [3.05, 3.63) is 28.6 Å². The van der Waals surface area contributed by atoms with E-state index in [0.29, 0.717) is 0 Å². The molecule has 0 aliphatic carbocycles. The van der Waals surface area contributed by atoms with Gasteiger partial charge in [-0.15, -0.1) is 0 Å². The van der Waals surface area contributed by atoms with Gasteiger partial charge >= 0.3 is 6.09 Å². The van der Waals surface area contributed by atoms with Gasteiger partial charge in [-0.1, -0.05) is 0 Å². The highest BCUT2D eigenvalue weighted by atomic mass is 16.6. The Labute approximate surface area is 117 Å². The van der Waals surface area contributed by atoms with Crippen molar-refractivity contribution in [1.29, 1.82) is 0 Å². The van der Waals surface area contributed by atoms with Gasteiger partial charge in [0.2, 0.25) is 0 Å². The van der Waals surface area contributed by atoms with Crippen molar-refractivity contribution >= 4 is 17.5 Å². The van der Waals surface area contributed by atoms with Crippen LogP contribution < -0.4 is 5.01 Å². The summed E-state index contributed by atoms with van der Waals surface area (Å²) in [5, 5.41) is 13.4. The highest BCUT2D eigenvalue weighted by Crippen LogP contribution is 2.22. The second kappa shape index (κ2) is 5.83. The van der Waals surface area contributed by atoms with Crippen molar-refractivity contribution in [3.8, 4) is 0 Å². The number of hydrazine groups is 1. The Morgan fingerprint density at radius 1 is 1.35 bits per heavy atom. The number of carbonyl (C=O) groups excluding carboxylic acids is 1. The number of hydrogen-bond donors (Lipinski definition) is 0. The van der Waals surface area contributed by atoms with Crippen LogP contribution in [0.25, 0.3) is 0 Å². The number of hydrogen-bond acceptors (Lipinski definition) is 6. The number of carbonyl (C=O) groups is 1. The normalized spacial score (nSPS) is 11.3. The molecule has 110 valence electrons. The summed E-state index contributed by atoms with van der Waals surface area (Å²) >= 11 is 0. The van der Waals surface area contributed by atoms with Crippen molar-refractivity contribution in [2.45, 2.75) is 26.4 Å². The van der Waals surface area contributed by atoms with Gasteiger partial charge in [-0.2, -0.15) is 0 Å². The molecule has 0 saturated carbocycles. The fourth-order valence-corrected chi connectivity index (χ4v) is 1.44. The van der Waals surface area contributed by atoms with Crippen LogP contribution in [0, 0.1) is 10.1 Å². The number of pyridine rings is 1. The van der Waals surface area contributed by atoms with E-state index in [0.717, 1.165) is 6.20 Å². The molecule has 0 saturated heterocycles. The van der Waals surface area contributed by atoms with Crippen molar-refractivity contribution in [3.63, 3.8) is 0 Å². The molecule has 0 unspecified atom stereocenters. The van der Waals surface area contributed by atoms with Gasteiger partial charge in [-0.25, -0.2) is 14.8 Å². The molecule has 1 aromatic rings. The van der Waals surface area contributed by atoms with E-state index in [4.69, 9.17) is 4.74 Å². The number of rotatable bonds is 3. The number of ether oxygens (including phenoxy) is 1. The van der Waals surface area contributed by atoms with Crippen LogP contribution in [0.4, 0.5) is 16.2 Å². The zero-order valence-corrected chi connectivity index (χ0v) is 12.2. The lowest BCUT2D eigenvalue weighted by Gasteiger charge is -2.30. The quantitative estimate of drug-likeness (QED) is 0.623. The van der Waals surface area contributed by atoms with E-state index >= 15 is 0 Å². The maximum absolute atomic E-state index is 12.1. The Morgan fingerprint density at radius 3 is 2.40 bits per heavy atom. The maximum Gasteiger partial charge on any atom is 0.429 e. The molecular formula is C12H18N4O4. The molecule has 0 fully saturated rings. The second-order valence-electron chi connectivity index (χ2n) is 5.30. The van der Waals surface area contributed by atoms with E-state index in [1.807, 2.05) is 0 Å². The van der Waals surface area contributed by atoms with Crippen molar-refractivity contribution < 1.29 is 14.5 Å². The molecule has 0 aromatic carbocycles. The lowest BCUT2D eigenvalue weighted by Crippen LogP contribution is -2.45. The third-order valence-electron chi connectivity index (χ3n) is 2.13. The Hall–Kier alpha value is -2.22. The lowest BCUT2D eigenvalue weighted by atomic mass is 10.2. The van der Waals surface area contributed by atoms with Crippen molar-refractivity contribution in [2.24, 2.45) is 0 Å². The number of anilines is 1. The molecule has 1 rings (SSSR count). The van der Waals surface area contributed by atoms with Crippen LogP contribution in [0.15, 0.2) is 18.5 Å². The summed E-state index contributed by atoms with van der Waals surface area (Å²) in [7, 11) is 3.26. The summed E-state index contributed by atoms with van der Waals surface area (Å²) < 4.78 is 5.26. The number of nitrogens with zero attached hydrogens (tertiary/aromatic N) is 4. The summed E-state index contributed by atoms with van der Waals surface area (Å²) in [6.07, 6.45) is 1.84. The van der Waals surface area contributed by atoms with Crippen LogP contribution in [-0.4, -0.2) is 40.7 Å². The van der Waals surface area contributed by atoms with Gasteiger partial charge in [-0.3, -0.25) is 15.1 Å². The van der Waals surface area contributed by atoms with Gasteiger partial charge < -0.3 is 4.74 Å². The molecule has 0 bridgehead atoms. The molecule has 20 heavy (non-hydrogen) atoms. The van der Waals surface area contributed by atoms with Crippen molar-refractivity contribution in [1.82, 2.24) is 9.99 Å². The minimum Gasteiger partial charge on any atom is -0.442 e. The third kappa shape index (κ3) is 4.16. The minimum absolute atomic E-state index is 0.196. The van der Waals surface area contributed by atoms with Gasteiger partial charge in [-0.05, 0) is 20.8 Å². The van der Waals surface area contributed by atoms with Gasteiger partial charge in [0, 0.05) is 20.2 Å². The molecule has 8 nitrogen and oxygen atoms in total. The summed E-state index contributed by atoms with van der Waals surface area (Å²) in [5.74, 6) is 0. The van der Waals surface area contributed by atoms with E-state index in [1.165, 1.54) is 22.3 Å². The Bertz CT molecular complexity index is 510. The van der Waals surface area contributed by atoms with E-state index in [9.17, 15) is 14.9 Å². The first-order valence-electron chi connectivity index (χ1n) is 5.91. The Morgan fingerprint density at radius 2 is 1.95 bits per heavy atom. The second-order valence-corrected chi connectivity index (χ2v) is 5.30. The molecule has 1 amide bonds. The summed E-state index contributed by atoms with van der Waals surface area (Å²) in [5.41, 5.74) is -0.601. The largest absolute Gasteiger partial charge is 0.442 e. The monoisotopic (exact) mass is 282 g/mol. The molecule has 8 heteroatoms. The fourth-order valence-electron chi connectivity index (χ4n) is 1.44. The SMILES string of the molecule is CN(C)N(C(=O)OC(C)(C)C)c1cncc([N+](=O)[O-])c1. The maximum atomic E-state index is 12.1. The van der Waals surface area contributed by atoms with E-state index in [2.05, 4.69) is 4.98 Å². The minimum atomic E-state index is -0.667. The molecule has 0 aliphatic heterocycles. The molecule has 0 aliphatic rings. The standard InChI is InChI=1S/C12H18N4O4/c1-12(2,3)20-11(17)15(14(4)5)9-6-10(16(18)19)8-13-7-9/h6-8H,1-5H3. The van der Waals surface area contributed by atoms with Crippen LogP contribution in [-0.2, 0) is 4.74 Å². The van der Waals surface area contributed by atoms with E-state index < -0.39 is 16.6 Å². The summed E-state index contributed by atoms with van der Waals surface area (Å²) in [6, 6.07) is 1.26. The Balaban J connectivity index is 3.11. The average Bonchev–Trinajstić information content (AvgIpc) is 2.26. The molecule has 1 aromatic heterocycles. The fraction of sp³-hybridized carbons (Fsp3) is 0.500. The number of amides is 1. The zero-order chi connectivity index (χ0) is 15.5. The van der Waals surface area contributed by atoms with Gasteiger partial charge in [0.25, 0.3) is 5.69 Å². The van der Waals surface area contributed by atoms with Crippen LogP contribution >= 0.6 is 0 Å². The zero-order valence-electron chi connectivity index (χ0n) is 12.2. The summed E-state index contributed by atoms with van der Waals surface area (Å²) in [4.78, 5) is 26.1. The molecule has 0 spiro atoms. The van der Waals surface area contributed by atoms with Crippen LogP contribution in [0.1, 0.15) is 20.8 Å². The van der Waals surface area contributed by atoms with Crippen LogP contribution in [0.3, 0.4) is 0 Å². The van der Waals surface area contributed by atoms with Gasteiger partial charge in [0.05, 0.1) is 16.8 Å². The topological polar surface area (TPSA) is 88.8 Å². The Kier molecular flexibility index (Phi) is 4.61. The van der Waals surface area contributed by atoms with Gasteiger partial charge in [0.1, 0.15) is 11.8 Å². The molecular weight excluding hydrogens is 264 g/mol. The smallest absolute Gasteiger partial charge is 0.429 e. The number of nitro groups is 1. The van der Waals surface area contributed by atoms with E-state index in [-0.39, 0.29) is 11.4 Å². The number of aromatic nitrogens is 1. The van der Waals surface area contributed by atoms with E-state index in [1.54, 1.807) is 34.9 Å². The summed E-state index contributed by atoms with van der Waals surface area (Å²) in [6.45, 7) is 5.22. The molecule has 0 atom stereocenters. The van der Waals surface area contributed by atoms with Gasteiger partial charge in [0.15, 0.2) is 0 Å². The highest BCUT2D eigenvalue weighted by molar-refractivity contribution is 5.86. The highest BCUT2D eigenvalue weighted by Gasteiger charge is 2.26. The molecule has 1 heterocycles. The van der Waals surface area contributed by atoms with Crippen LogP contribution in [0.2, 0.25) is 0 Å². The first-order valence-corrected chi connectivity index (χ1v) is 5.91. The lowest BCUT2D eigenvalue weighted by molar-refractivity contribution is -0.385. The van der Waals surface area contributed by atoms with Crippen molar-refractivity contribution in [2.75, 3.05) is 19.1 Å². The van der Waals surface area contributed by atoms with Crippen LogP contribution in [0.5, 0.6) is 0 Å². The molecule has 0 N–H and O–H groups in total.